The van der Waals surface area contributed by atoms with E-state index in [2.05, 4.69) is 0 Å². The summed E-state index contributed by atoms with van der Waals surface area (Å²) in [5, 5.41) is -0.684. The molecule has 0 N–H and O–H groups in total. The van der Waals surface area contributed by atoms with Crippen LogP contribution >= 0.6 is 20.4 Å². The number of rotatable bonds is 6. The molecule has 0 aromatic heterocycles. The third-order valence-electron chi connectivity index (χ3n) is 9.37. The van der Waals surface area contributed by atoms with E-state index in [-0.39, 0.29) is 31.3 Å². The van der Waals surface area contributed by atoms with E-state index in [1.54, 1.807) is 20.8 Å². The maximum atomic E-state index is 17.7. The van der Waals surface area contributed by atoms with Crippen molar-refractivity contribution in [3.8, 4) is 0 Å². The van der Waals surface area contributed by atoms with Crippen molar-refractivity contribution in [2.75, 3.05) is 6.01 Å². The number of alkyl halides is 3. The highest BCUT2D eigenvalue weighted by molar-refractivity contribution is 8.13. The summed E-state index contributed by atoms with van der Waals surface area (Å²) in [5.41, 5.74) is -6.89. The lowest BCUT2D eigenvalue weighted by Crippen LogP contribution is -2.70. The second-order valence-electron chi connectivity index (χ2n) is 10.8. The van der Waals surface area contributed by atoms with Gasteiger partial charge in [-0.2, -0.15) is 0 Å². The minimum atomic E-state index is -2.28. The van der Waals surface area contributed by atoms with Gasteiger partial charge >= 0.3 is 14.7 Å². The molecule has 4 aliphatic rings. The molecule has 0 aromatic rings. The summed E-state index contributed by atoms with van der Waals surface area (Å²) in [7, 11) is -0.812. The molecular formula is C25H30F3O6PS. The van der Waals surface area contributed by atoms with Gasteiger partial charge in [-0.25, -0.2) is 17.7 Å². The second-order valence-corrected chi connectivity index (χ2v) is 12.0. The van der Waals surface area contributed by atoms with Gasteiger partial charge in [-0.1, -0.05) is 26.8 Å². The smallest absolute Gasteiger partial charge is 0.327 e. The van der Waals surface area contributed by atoms with Crippen LogP contribution in [-0.2, 0) is 28.2 Å². The highest BCUT2D eigenvalue weighted by Crippen LogP contribution is 2.72. The quantitative estimate of drug-likeness (QED) is 0.314. The van der Waals surface area contributed by atoms with Gasteiger partial charge in [0.25, 0.3) is 0 Å². The Morgan fingerprint density at radius 1 is 1.25 bits per heavy atom. The third-order valence-corrected chi connectivity index (χ3v) is 10.4. The van der Waals surface area contributed by atoms with Crippen LogP contribution in [0.15, 0.2) is 23.8 Å². The van der Waals surface area contributed by atoms with Crippen LogP contribution in [0.3, 0.4) is 0 Å². The molecule has 0 heterocycles. The summed E-state index contributed by atoms with van der Waals surface area (Å²) < 4.78 is 69.7. The molecule has 0 aliphatic heterocycles. The number of esters is 1. The number of fused-ring (bicyclic) bond motifs is 5. The zero-order valence-electron chi connectivity index (χ0n) is 20.6. The molecule has 0 amide bonds. The van der Waals surface area contributed by atoms with Crippen LogP contribution in [0.5, 0.6) is 0 Å². The molecule has 1 unspecified atom stereocenters. The number of thioether (sulfide) groups is 1. The molecule has 4 rings (SSSR count). The van der Waals surface area contributed by atoms with Gasteiger partial charge < -0.3 is 4.74 Å². The Kier molecular flexibility index (Phi) is 7.15. The Morgan fingerprint density at radius 2 is 1.94 bits per heavy atom. The molecule has 11 heteroatoms. The van der Waals surface area contributed by atoms with Crippen LogP contribution in [0.4, 0.5) is 13.2 Å². The average Bonchev–Trinajstić information content (AvgIpc) is 3.04. The molecule has 0 radical (unpaired) electrons. The van der Waals surface area contributed by atoms with Gasteiger partial charge in [0.05, 0.1) is 0 Å². The van der Waals surface area contributed by atoms with E-state index in [0.717, 1.165) is 6.08 Å². The molecule has 4 aliphatic carbocycles. The maximum Gasteiger partial charge on any atom is 0.327 e. The second kappa shape index (κ2) is 9.35. The number of ether oxygens (including phenoxy) is 1. The van der Waals surface area contributed by atoms with Crippen LogP contribution in [0.25, 0.3) is 0 Å². The molecule has 0 bridgehead atoms. The number of carbonyl (C=O) groups excluding carboxylic acids is 3. The summed E-state index contributed by atoms with van der Waals surface area (Å²) in [6, 6.07) is -1.04. The Balaban J connectivity index is 1.92. The molecule has 0 saturated heterocycles. The lowest BCUT2D eigenvalue weighted by atomic mass is 9.44. The lowest BCUT2D eigenvalue weighted by molar-refractivity contribution is -0.222. The number of carbonyl (C=O) groups is 3. The fourth-order valence-electron chi connectivity index (χ4n) is 7.76. The predicted molar refractivity (Wildman–Crippen MR) is 127 cm³/mol. The van der Waals surface area contributed by atoms with Crippen molar-refractivity contribution in [2.45, 2.75) is 76.9 Å². The van der Waals surface area contributed by atoms with E-state index in [1.807, 2.05) is 0 Å². The molecule has 6 nitrogen and oxygen atoms in total. The zero-order valence-corrected chi connectivity index (χ0v) is 22.3. The van der Waals surface area contributed by atoms with Crippen molar-refractivity contribution < 1.29 is 41.4 Å². The fourth-order valence-corrected chi connectivity index (χ4v) is 8.88. The Bertz CT molecular complexity index is 1050. The highest BCUT2D eigenvalue weighted by Gasteiger charge is 2.78. The van der Waals surface area contributed by atoms with Crippen molar-refractivity contribution in [2.24, 2.45) is 28.6 Å². The Labute approximate surface area is 214 Å². The van der Waals surface area contributed by atoms with Crippen molar-refractivity contribution >= 4 is 37.3 Å². The van der Waals surface area contributed by atoms with Crippen LogP contribution in [0.1, 0.15) is 53.4 Å². The molecular weight excluding hydrogens is 516 g/mol. The summed E-state index contributed by atoms with van der Waals surface area (Å²) in [6.07, 6.45) is 0.381. The predicted octanol–water partition coefficient (Wildman–Crippen LogP) is 5.66. The molecule has 198 valence electrons. The topological polar surface area (TPSA) is 86.7 Å². The van der Waals surface area contributed by atoms with E-state index >= 15 is 8.78 Å². The van der Waals surface area contributed by atoms with E-state index in [9.17, 15) is 23.3 Å². The zero-order chi connectivity index (χ0) is 26.7. The van der Waals surface area contributed by atoms with Crippen molar-refractivity contribution in [1.82, 2.24) is 0 Å². The van der Waals surface area contributed by atoms with Gasteiger partial charge in [0, 0.05) is 29.1 Å². The molecule has 0 aromatic carbocycles. The van der Waals surface area contributed by atoms with Gasteiger partial charge in [-0.05, 0) is 61.6 Å². The SMILES string of the molecule is CCC(=O)O[C@]1(C(=O)SCF)[C@H](C)C[C@H]2C3C[C@H](F)C4=CC(=O)C=C[C@]4(C)[C@@]3(F)[C@@H](OP=O)C[C@@]21C. The number of halogens is 3. The van der Waals surface area contributed by atoms with Gasteiger partial charge in [-0.15, -0.1) is 0 Å². The minimum Gasteiger partial charge on any atom is -0.449 e. The summed E-state index contributed by atoms with van der Waals surface area (Å²) in [6.45, 7) is 6.46. The largest absolute Gasteiger partial charge is 0.449 e. The summed E-state index contributed by atoms with van der Waals surface area (Å²) in [4.78, 5) is 38.1. The van der Waals surface area contributed by atoms with Crippen molar-refractivity contribution in [1.29, 1.82) is 0 Å². The van der Waals surface area contributed by atoms with Crippen LogP contribution in [0.2, 0.25) is 0 Å². The lowest BCUT2D eigenvalue weighted by Gasteiger charge is -2.63. The third kappa shape index (κ3) is 3.46. The van der Waals surface area contributed by atoms with Crippen molar-refractivity contribution in [3.05, 3.63) is 23.8 Å². The fraction of sp³-hybridized carbons (Fsp3) is 0.720. The normalized spacial score (nSPS) is 45.5. The number of hydrogen-bond acceptors (Lipinski definition) is 7. The van der Waals surface area contributed by atoms with E-state index < -0.39 is 83.7 Å². The average molecular weight is 547 g/mol. The number of allylic oxidation sites excluding steroid dienone is 4. The maximum absolute atomic E-state index is 17.7. The summed E-state index contributed by atoms with van der Waals surface area (Å²) in [5.74, 6) is -3.39. The van der Waals surface area contributed by atoms with Crippen LogP contribution in [-0.4, -0.2) is 46.4 Å². The van der Waals surface area contributed by atoms with Crippen molar-refractivity contribution in [3.63, 3.8) is 0 Å². The Morgan fingerprint density at radius 3 is 2.56 bits per heavy atom. The van der Waals surface area contributed by atoms with E-state index in [4.69, 9.17) is 9.26 Å². The molecule has 36 heavy (non-hydrogen) atoms. The van der Waals surface area contributed by atoms with Gasteiger partial charge in [0.2, 0.25) is 5.12 Å². The first-order chi connectivity index (χ1) is 16.9. The monoisotopic (exact) mass is 546 g/mol. The number of ketones is 1. The van der Waals surface area contributed by atoms with E-state index in [0.29, 0.717) is 11.8 Å². The van der Waals surface area contributed by atoms with Gasteiger partial charge in [0.1, 0.15) is 18.3 Å². The number of hydrogen-bond donors (Lipinski definition) is 0. The van der Waals surface area contributed by atoms with Crippen LogP contribution < -0.4 is 0 Å². The van der Waals surface area contributed by atoms with Gasteiger partial charge in [-0.3, -0.25) is 18.9 Å². The standard InChI is InChI=1S/C25H30F3O6PS/c1-5-20(30)33-25(21(31)36-12-26)13(2)8-15-16-10-18(27)17-9-14(29)6-7-22(17,3)24(16,28)19(34-35-32)11-23(15,25)4/h6-7,9,13,15-16,18-19H,5,8,10-12H2,1-4H3/t13-,15+,16?,18+,19+,22+,23+,24+,25+/m1/s1. The Hall–Kier alpha value is -1.51. The first kappa shape index (κ1) is 27.5. The first-order valence-electron chi connectivity index (χ1n) is 12.1. The molecule has 9 atom stereocenters. The summed E-state index contributed by atoms with van der Waals surface area (Å²) >= 11 is 0.386. The van der Waals surface area contributed by atoms with E-state index in [1.165, 1.54) is 19.1 Å². The highest BCUT2D eigenvalue weighted by atomic mass is 32.2. The molecule has 3 fully saturated rings. The van der Waals surface area contributed by atoms with Crippen LogP contribution in [0, 0.1) is 28.6 Å². The first-order valence-corrected chi connectivity index (χ1v) is 13.8. The van der Waals surface area contributed by atoms with Gasteiger partial charge in [0.15, 0.2) is 17.1 Å². The molecule has 3 saturated carbocycles. The minimum absolute atomic E-state index is 0.00676. The molecule has 0 spiro atoms.